The van der Waals surface area contributed by atoms with Crippen LogP contribution in [-0.4, -0.2) is 58.1 Å². The summed E-state index contributed by atoms with van der Waals surface area (Å²) in [6.07, 6.45) is 3.75. The van der Waals surface area contributed by atoms with Crippen molar-refractivity contribution < 1.29 is 22.7 Å². The van der Waals surface area contributed by atoms with Gasteiger partial charge in [-0.05, 0) is 44.2 Å². The molecule has 1 heterocycles. The summed E-state index contributed by atoms with van der Waals surface area (Å²) in [4.78, 5) is 12.5. The normalized spacial score (nSPS) is 20.2. The van der Waals surface area contributed by atoms with Crippen LogP contribution in [0.2, 0.25) is 0 Å². The van der Waals surface area contributed by atoms with Gasteiger partial charge in [0.25, 0.3) is 0 Å². The van der Waals surface area contributed by atoms with Crippen molar-refractivity contribution >= 4 is 15.9 Å². The van der Waals surface area contributed by atoms with Crippen LogP contribution in [0.25, 0.3) is 0 Å². The lowest BCUT2D eigenvalue weighted by molar-refractivity contribution is -0.125. The third-order valence-corrected chi connectivity index (χ3v) is 7.37. The van der Waals surface area contributed by atoms with Crippen LogP contribution in [0, 0.1) is 5.92 Å². The number of piperidine rings is 1. The van der Waals surface area contributed by atoms with Crippen LogP contribution in [0.15, 0.2) is 29.2 Å². The summed E-state index contributed by atoms with van der Waals surface area (Å²) in [5.74, 6) is 0.734. The Morgan fingerprint density at radius 2 is 1.96 bits per heavy atom. The zero-order chi connectivity index (χ0) is 19.5. The maximum absolute atomic E-state index is 13.0. The van der Waals surface area contributed by atoms with Crippen LogP contribution < -0.4 is 10.1 Å². The lowest BCUT2D eigenvalue weighted by Crippen LogP contribution is -2.56. The van der Waals surface area contributed by atoms with Gasteiger partial charge in [-0.1, -0.05) is 6.07 Å². The fourth-order valence-electron chi connectivity index (χ4n) is 3.51. The van der Waals surface area contributed by atoms with Crippen LogP contribution in [0.1, 0.15) is 32.1 Å². The second-order valence-corrected chi connectivity index (χ2v) is 9.31. The van der Waals surface area contributed by atoms with Gasteiger partial charge in [0.05, 0.1) is 12.0 Å². The summed E-state index contributed by atoms with van der Waals surface area (Å²) in [6.45, 7) is 1.27. The number of nitrogens with one attached hydrogen (secondary N) is 1. The smallest absolute Gasteiger partial charge is 0.243 e. The molecule has 0 atom stereocenters. The monoisotopic (exact) mass is 396 g/mol. The summed E-state index contributed by atoms with van der Waals surface area (Å²) in [5, 5.41) is 3.20. The maximum Gasteiger partial charge on any atom is 0.243 e. The number of carbonyl (C=O) groups is 1. The lowest BCUT2D eigenvalue weighted by Gasteiger charge is -2.42. The Labute approximate surface area is 161 Å². The molecule has 2 aliphatic rings. The quantitative estimate of drug-likeness (QED) is 0.724. The standard InChI is InChI=1S/C19H28N2O5S/c1-25-13-10-19(20-18(22)15-6-7-15)8-11-21(12-9-19)27(23,24)17-5-3-4-16(14-17)26-2/h3-5,14-15H,6-13H2,1-2H3,(H,20,22). The van der Waals surface area contributed by atoms with Crippen LogP contribution in [0.5, 0.6) is 5.75 Å². The number of ether oxygens (including phenoxy) is 2. The molecular weight excluding hydrogens is 368 g/mol. The van der Waals surface area contributed by atoms with Crippen molar-refractivity contribution in [2.24, 2.45) is 5.92 Å². The van der Waals surface area contributed by atoms with Crippen molar-refractivity contribution in [3.8, 4) is 5.75 Å². The average molecular weight is 397 g/mol. The lowest BCUT2D eigenvalue weighted by atomic mass is 9.85. The molecule has 1 aromatic carbocycles. The molecule has 1 aliphatic carbocycles. The average Bonchev–Trinajstić information content (AvgIpc) is 3.52. The molecule has 1 aliphatic heterocycles. The van der Waals surface area contributed by atoms with Gasteiger partial charge < -0.3 is 14.8 Å². The Hall–Kier alpha value is -1.64. The highest BCUT2D eigenvalue weighted by atomic mass is 32.2. The van der Waals surface area contributed by atoms with Crippen molar-refractivity contribution in [2.45, 2.75) is 42.5 Å². The zero-order valence-corrected chi connectivity index (χ0v) is 16.8. The van der Waals surface area contributed by atoms with Gasteiger partial charge in [-0.25, -0.2) is 8.42 Å². The molecule has 7 nitrogen and oxygen atoms in total. The van der Waals surface area contributed by atoms with Gasteiger partial charge in [0.1, 0.15) is 5.75 Å². The summed E-state index contributed by atoms with van der Waals surface area (Å²) >= 11 is 0. The highest BCUT2D eigenvalue weighted by Gasteiger charge is 2.41. The fourth-order valence-corrected chi connectivity index (χ4v) is 4.99. The van der Waals surface area contributed by atoms with Crippen LogP contribution in [-0.2, 0) is 19.6 Å². The van der Waals surface area contributed by atoms with Crippen molar-refractivity contribution in [1.82, 2.24) is 9.62 Å². The summed E-state index contributed by atoms with van der Waals surface area (Å²) in [7, 11) is -0.437. The number of hydrogen-bond donors (Lipinski definition) is 1. The molecule has 3 rings (SSSR count). The number of sulfonamides is 1. The third kappa shape index (κ3) is 4.62. The van der Waals surface area contributed by atoms with Gasteiger partial charge >= 0.3 is 0 Å². The molecule has 0 radical (unpaired) electrons. The number of methoxy groups -OCH3 is 2. The van der Waals surface area contributed by atoms with Crippen LogP contribution in [0.3, 0.4) is 0 Å². The van der Waals surface area contributed by atoms with Crippen molar-refractivity contribution in [3.63, 3.8) is 0 Å². The molecule has 0 spiro atoms. The first kappa shape index (κ1) is 20.1. The minimum absolute atomic E-state index is 0.0928. The molecule has 0 unspecified atom stereocenters. The highest BCUT2D eigenvalue weighted by molar-refractivity contribution is 7.89. The van der Waals surface area contributed by atoms with Gasteiger partial charge in [0.2, 0.25) is 15.9 Å². The molecule has 8 heteroatoms. The molecular formula is C19H28N2O5S. The minimum Gasteiger partial charge on any atom is -0.497 e. The van der Waals surface area contributed by atoms with E-state index in [2.05, 4.69) is 5.32 Å². The third-order valence-electron chi connectivity index (χ3n) is 5.48. The maximum atomic E-state index is 13.0. The van der Waals surface area contributed by atoms with E-state index in [4.69, 9.17) is 9.47 Å². The Balaban J connectivity index is 1.71. The Kier molecular flexibility index (Phi) is 6.08. The van der Waals surface area contributed by atoms with E-state index in [1.54, 1.807) is 25.3 Å². The Bertz CT molecular complexity index is 768. The first-order valence-electron chi connectivity index (χ1n) is 9.35. The van der Waals surface area contributed by atoms with E-state index in [0.717, 1.165) is 12.8 Å². The summed E-state index contributed by atoms with van der Waals surface area (Å²) in [6, 6.07) is 6.52. The molecule has 1 N–H and O–H groups in total. The van der Waals surface area contributed by atoms with Gasteiger partial charge in [0, 0.05) is 44.3 Å². The molecule has 1 saturated carbocycles. The highest BCUT2D eigenvalue weighted by Crippen LogP contribution is 2.34. The molecule has 1 saturated heterocycles. The number of nitrogens with zero attached hydrogens (tertiary/aromatic N) is 1. The SMILES string of the molecule is COCCC1(NC(=O)C2CC2)CCN(S(=O)(=O)c2cccc(OC)c2)CC1. The number of rotatable bonds is 8. The van der Waals surface area contributed by atoms with Crippen molar-refractivity contribution in [2.75, 3.05) is 33.9 Å². The van der Waals surface area contributed by atoms with Gasteiger partial charge in [-0.15, -0.1) is 0 Å². The Morgan fingerprint density at radius 3 is 2.56 bits per heavy atom. The predicted octanol–water partition coefficient (Wildman–Crippen LogP) is 1.78. The largest absolute Gasteiger partial charge is 0.497 e. The van der Waals surface area contributed by atoms with E-state index in [0.29, 0.717) is 44.7 Å². The molecule has 0 aromatic heterocycles. The van der Waals surface area contributed by atoms with E-state index in [-0.39, 0.29) is 16.7 Å². The van der Waals surface area contributed by atoms with E-state index in [1.165, 1.54) is 17.5 Å². The number of hydrogen-bond acceptors (Lipinski definition) is 5. The van der Waals surface area contributed by atoms with E-state index in [9.17, 15) is 13.2 Å². The topological polar surface area (TPSA) is 84.9 Å². The van der Waals surface area contributed by atoms with Crippen molar-refractivity contribution in [1.29, 1.82) is 0 Å². The van der Waals surface area contributed by atoms with E-state index >= 15 is 0 Å². The molecule has 0 bridgehead atoms. The van der Waals surface area contributed by atoms with Crippen LogP contribution in [0.4, 0.5) is 0 Å². The second kappa shape index (κ2) is 8.16. The molecule has 150 valence electrons. The first-order chi connectivity index (χ1) is 12.9. The minimum atomic E-state index is -3.59. The fraction of sp³-hybridized carbons (Fsp3) is 0.632. The summed E-state index contributed by atoms with van der Waals surface area (Å²) in [5.41, 5.74) is -0.393. The van der Waals surface area contributed by atoms with E-state index in [1.807, 2.05) is 0 Å². The van der Waals surface area contributed by atoms with Gasteiger partial charge in [0.15, 0.2) is 0 Å². The number of amides is 1. The molecule has 1 amide bonds. The Morgan fingerprint density at radius 1 is 1.26 bits per heavy atom. The predicted molar refractivity (Wildman–Crippen MR) is 101 cm³/mol. The molecule has 1 aromatic rings. The number of benzene rings is 1. The van der Waals surface area contributed by atoms with Crippen molar-refractivity contribution in [3.05, 3.63) is 24.3 Å². The summed E-state index contributed by atoms with van der Waals surface area (Å²) < 4.78 is 37.8. The molecule has 27 heavy (non-hydrogen) atoms. The first-order valence-corrected chi connectivity index (χ1v) is 10.8. The van der Waals surface area contributed by atoms with Crippen LogP contribution >= 0.6 is 0 Å². The van der Waals surface area contributed by atoms with Gasteiger partial charge in [-0.2, -0.15) is 4.31 Å². The van der Waals surface area contributed by atoms with Gasteiger partial charge in [-0.3, -0.25) is 4.79 Å². The second-order valence-electron chi connectivity index (χ2n) is 7.37. The molecule has 2 fully saturated rings. The van der Waals surface area contributed by atoms with E-state index < -0.39 is 15.6 Å². The zero-order valence-electron chi connectivity index (χ0n) is 15.9. The number of carbonyl (C=O) groups excluding carboxylic acids is 1.